The molecule has 144 valence electrons. The van der Waals surface area contributed by atoms with Gasteiger partial charge in [0.05, 0.1) is 17.1 Å². The van der Waals surface area contributed by atoms with Gasteiger partial charge in [0.25, 0.3) is 5.91 Å². The summed E-state index contributed by atoms with van der Waals surface area (Å²) >= 11 is 11.9. The average molecular weight is 413 g/mol. The van der Waals surface area contributed by atoms with E-state index >= 15 is 4.39 Å². The van der Waals surface area contributed by atoms with Crippen LogP contribution in [0.4, 0.5) is 8.78 Å². The van der Waals surface area contributed by atoms with Gasteiger partial charge in [-0.3, -0.25) is 4.79 Å². The molecule has 0 aromatic heterocycles. The number of rotatable bonds is 4. The van der Waals surface area contributed by atoms with E-state index in [0.717, 1.165) is 0 Å². The number of carbonyl (C=O) groups is 1. The molecule has 2 aromatic carbocycles. The highest BCUT2D eigenvalue weighted by Crippen LogP contribution is 2.32. The second-order valence-corrected chi connectivity index (χ2v) is 7.71. The van der Waals surface area contributed by atoms with Crippen molar-refractivity contribution < 1.29 is 13.6 Å². The zero-order valence-corrected chi connectivity index (χ0v) is 16.3. The lowest BCUT2D eigenvalue weighted by atomic mass is 9.84. The summed E-state index contributed by atoms with van der Waals surface area (Å²) in [6.07, 6.45) is 0.285. The molecule has 0 radical (unpaired) electrons. The molecule has 1 saturated heterocycles. The molecule has 3 rings (SSSR count). The van der Waals surface area contributed by atoms with Gasteiger partial charge in [-0.15, -0.1) is 0 Å². The predicted octanol–water partition coefficient (Wildman–Crippen LogP) is 4.87. The molecule has 2 aromatic rings. The lowest BCUT2D eigenvalue weighted by molar-refractivity contribution is 0.0534. The van der Waals surface area contributed by atoms with E-state index in [4.69, 9.17) is 23.2 Å². The van der Waals surface area contributed by atoms with Gasteiger partial charge in [-0.05, 0) is 42.3 Å². The Bertz CT molecular complexity index is 862. The van der Waals surface area contributed by atoms with Crippen molar-refractivity contribution in [2.24, 2.45) is 5.92 Å². The quantitative estimate of drug-likeness (QED) is 0.751. The van der Waals surface area contributed by atoms with E-state index in [1.165, 1.54) is 6.07 Å². The van der Waals surface area contributed by atoms with Crippen LogP contribution >= 0.6 is 23.2 Å². The van der Waals surface area contributed by atoms with Crippen LogP contribution in [0.15, 0.2) is 36.4 Å². The molecule has 0 spiro atoms. The zero-order chi connectivity index (χ0) is 19.6. The Balaban J connectivity index is 1.91. The summed E-state index contributed by atoms with van der Waals surface area (Å²) < 4.78 is 29.8. The topological polar surface area (TPSA) is 41.1 Å². The summed E-state index contributed by atoms with van der Waals surface area (Å²) in [7, 11) is 0. The third kappa shape index (κ3) is 4.26. The van der Waals surface area contributed by atoms with Gasteiger partial charge in [0, 0.05) is 17.5 Å². The molecule has 1 fully saturated rings. The Kier molecular flexibility index (Phi) is 6.04. The Labute approximate surface area is 167 Å². The number of hydrogen-bond donors (Lipinski definition) is 2. The summed E-state index contributed by atoms with van der Waals surface area (Å²) in [5.41, 5.74) is -0.821. The third-order valence-electron chi connectivity index (χ3n) is 5.05. The highest BCUT2D eigenvalue weighted by atomic mass is 35.5. The Morgan fingerprint density at radius 2 is 2.11 bits per heavy atom. The first-order valence-electron chi connectivity index (χ1n) is 8.73. The Morgan fingerprint density at radius 3 is 2.81 bits per heavy atom. The van der Waals surface area contributed by atoms with E-state index in [1.807, 2.05) is 0 Å². The van der Waals surface area contributed by atoms with E-state index in [9.17, 15) is 9.18 Å². The Morgan fingerprint density at radius 1 is 1.33 bits per heavy atom. The van der Waals surface area contributed by atoms with Crippen molar-refractivity contribution in [2.45, 2.75) is 19.0 Å². The van der Waals surface area contributed by atoms with Crippen molar-refractivity contribution in [2.75, 3.05) is 19.6 Å². The minimum atomic E-state index is -1.54. The van der Waals surface area contributed by atoms with Crippen LogP contribution in [0.25, 0.3) is 11.1 Å². The van der Waals surface area contributed by atoms with Gasteiger partial charge in [0.2, 0.25) is 0 Å². The number of piperidine rings is 1. The van der Waals surface area contributed by atoms with Gasteiger partial charge in [0.15, 0.2) is 5.82 Å². The molecule has 2 atom stereocenters. The zero-order valence-electron chi connectivity index (χ0n) is 14.8. The smallest absolute Gasteiger partial charge is 0.255 e. The number of hydrogen-bond acceptors (Lipinski definition) is 2. The summed E-state index contributed by atoms with van der Waals surface area (Å²) in [6, 6.07) is 9.69. The lowest BCUT2D eigenvalue weighted by Crippen LogP contribution is -2.52. The molecule has 2 N–H and O–H groups in total. The highest BCUT2D eigenvalue weighted by molar-refractivity contribution is 6.31. The predicted molar refractivity (Wildman–Crippen MR) is 105 cm³/mol. The van der Waals surface area contributed by atoms with Crippen molar-refractivity contribution in [3.05, 3.63) is 57.8 Å². The highest BCUT2D eigenvalue weighted by Gasteiger charge is 2.39. The molecule has 7 heteroatoms. The first-order valence-corrected chi connectivity index (χ1v) is 9.49. The number of amides is 1. The maximum atomic E-state index is 15.1. The van der Waals surface area contributed by atoms with Gasteiger partial charge in [-0.25, -0.2) is 8.78 Å². The van der Waals surface area contributed by atoms with Crippen molar-refractivity contribution in [3.63, 3.8) is 0 Å². The molecule has 0 saturated carbocycles. The van der Waals surface area contributed by atoms with E-state index in [2.05, 4.69) is 10.6 Å². The fraction of sp³-hybridized carbons (Fsp3) is 0.350. The summed E-state index contributed by atoms with van der Waals surface area (Å²) in [5, 5.41) is 5.97. The second-order valence-electron chi connectivity index (χ2n) is 6.87. The molecular formula is C20H20Cl2F2N2O. The van der Waals surface area contributed by atoms with Crippen molar-refractivity contribution >= 4 is 29.1 Å². The van der Waals surface area contributed by atoms with E-state index in [0.29, 0.717) is 29.2 Å². The Hall–Kier alpha value is -1.69. The number of alkyl halides is 1. The van der Waals surface area contributed by atoms with Crippen LogP contribution in [-0.2, 0) is 0 Å². The van der Waals surface area contributed by atoms with Crippen LogP contribution in [0.5, 0.6) is 0 Å². The van der Waals surface area contributed by atoms with Gasteiger partial charge >= 0.3 is 0 Å². The summed E-state index contributed by atoms with van der Waals surface area (Å²) in [5.74, 6) is -1.80. The van der Waals surface area contributed by atoms with Crippen molar-refractivity contribution in [1.29, 1.82) is 0 Å². The fourth-order valence-corrected chi connectivity index (χ4v) is 3.64. The molecule has 0 bridgehead atoms. The SMILES string of the molecule is C[C@H]1CNCC[C@]1(F)CNC(=O)c1c(-c2cccc(Cl)c2)ccc(Cl)c1F. The van der Waals surface area contributed by atoms with Crippen molar-refractivity contribution in [3.8, 4) is 11.1 Å². The monoisotopic (exact) mass is 412 g/mol. The standard InChI is InChI=1S/C20H20Cl2F2N2O/c1-12-10-25-8-7-20(12,24)11-26-19(27)17-15(5-6-16(22)18(17)23)13-3-2-4-14(21)9-13/h2-6,9,12,25H,7-8,10-11H2,1H3,(H,26,27)/t12-,20-/m0/s1. The lowest BCUT2D eigenvalue weighted by Gasteiger charge is -2.36. The van der Waals surface area contributed by atoms with Crippen LogP contribution in [0.2, 0.25) is 10.0 Å². The largest absolute Gasteiger partial charge is 0.349 e. The number of halogens is 4. The number of carbonyl (C=O) groups excluding carboxylic acids is 1. The first-order chi connectivity index (χ1) is 12.8. The molecule has 1 amide bonds. The second kappa shape index (κ2) is 8.13. The van der Waals surface area contributed by atoms with Crippen LogP contribution in [0.1, 0.15) is 23.7 Å². The molecule has 0 aliphatic carbocycles. The number of benzene rings is 2. The fourth-order valence-electron chi connectivity index (χ4n) is 3.29. The van der Waals surface area contributed by atoms with Gasteiger partial charge in [-0.1, -0.05) is 48.3 Å². The molecule has 3 nitrogen and oxygen atoms in total. The normalized spacial score (nSPS) is 22.5. The van der Waals surface area contributed by atoms with Crippen LogP contribution in [-0.4, -0.2) is 31.2 Å². The van der Waals surface area contributed by atoms with E-state index in [-0.39, 0.29) is 29.5 Å². The molecule has 0 unspecified atom stereocenters. The van der Waals surface area contributed by atoms with E-state index < -0.39 is 17.4 Å². The summed E-state index contributed by atoms with van der Waals surface area (Å²) in [6.45, 7) is 2.67. The third-order valence-corrected chi connectivity index (χ3v) is 5.58. The van der Waals surface area contributed by atoms with Crippen LogP contribution < -0.4 is 10.6 Å². The molecule has 1 aliphatic heterocycles. The van der Waals surface area contributed by atoms with Crippen LogP contribution in [0, 0.1) is 11.7 Å². The minimum Gasteiger partial charge on any atom is -0.349 e. The van der Waals surface area contributed by atoms with Gasteiger partial charge in [-0.2, -0.15) is 0 Å². The maximum absolute atomic E-state index is 15.1. The maximum Gasteiger partial charge on any atom is 0.255 e. The molecule has 27 heavy (non-hydrogen) atoms. The summed E-state index contributed by atoms with van der Waals surface area (Å²) in [4.78, 5) is 12.8. The molecule has 1 aliphatic rings. The molecule has 1 heterocycles. The number of nitrogens with one attached hydrogen (secondary N) is 2. The molecular weight excluding hydrogens is 393 g/mol. The van der Waals surface area contributed by atoms with Crippen LogP contribution in [0.3, 0.4) is 0 Å². The minimum absolute atomic E-state index is 0.170. The van der Waals surface area contributed by atoms with E-state index in [1.54, 1.807) is 37.3 Å². The average Bonchev–Trinajstić information content (AvgIpc) is 2.64. The van der Waals surface area contributed by atoms with Gasteiger partial charge in [0.1, 0.15) is 5.67 Å². The van der Waals surface area contributed by atoms with Crippen molar-refractivity contribution in [1.82, 2.24) is 10.6 Å². The van der Waals surface area contributed by atoms with Gasteiger partial charge < -0.3 is 10.6 Å². The first kappa shape index (κ1) is 20.1.